The van der Waals surface area contributed by atoms with Gasteiger partial charge in [-0.25, -0.2) is 0 Å². The van der Waals surface area contributed by atoms with Crippen LogP contribution < -0.4 is 10.6 Å². The number of nitrogens with one attached hydrogen (secondary N) is 2. The SMILES string of the molecule is CC(=O)NC1C(OCCCCC(=O)NCCC[C@H]2CC[C@@H](CO)C2)OC(CO)C(O)C1O. The lowest BCUT2D eigenvalue weighted by Gasteiger charge is -2.42. The van der Waals surface area contributed by atoms with E-state index in [2.05, 4.69) is 10.6 Å². The van der Waals surface area contributed by atoms with Gasteiger partial charge in [0.15, 0.2) is 6.29 Å². The van der Waals surface area contributed by atoms with Gasteiger partial charge in [0.1, 0.15) is 24.4 Å². The van der Waals surface area contributed by atoms with Gasteiger partial charge in [-0.15, -0.1) is 0 Å². The van der Waals surface area contributed by atoms with E-state index in [1.807, 2.05) is 0 Å². The number of aliphatic hydroxyl groups is 4. The Bertz CT molecular complexity index is 578. The van der Waals surface area contributed by atoms with Gasteiger partial charge < -0.3 is 40.5 Å². The van der Waals surface area contributed by atoms with Gasteiger partial charge >= 0.3 is 0 Å². The zero-order valence-electron chi connectivity index (χ0n) is 18.9. The standard InChI is InChI=1S/C22H40N2O8/c1-14(27)24-19-21(30)20(29)17(13-26)32-22(19)31-10-3-2-6-18(28)23-9-4-5-15-7-8-16(11-15)12-25/h15-17,19-22,25-26,29-30H,2-13H2,1H3,(H,23,28)(H,24,27)/t15-,16+,17?,19?,20?,21?,22?/m0/s1. The third-order valence-electron chi connectivity index (χ3n) is 6.35. The Morgan fingerprint density at radius 1 is 1.03 bits per heavy atom. The van der Waals surface area contributed by atoms with Crippen LogP contribution in [-0.4, -0.2) is 89.2 Å². The van der Waals surface area contributed by atoms with Crippen LogP contribution in [0.1, 0.15) is 58.3 Å². The largest absolute Gasteiger partial charge is 0.396 e. The summed E-state index contributed by atoms with van der Waals surface area (Å²) in [7, 11) is 0. The lowest BCUT2D eigenvalue weighted by Crippen LogP contribution is -2.64. The average molecular weight is 461 g/mol. The molecule has 0 radical (unpaired) electrons. The lowest BCUT2D eigenvalue weighted by atomic mass is 9.97. The van der Waals surface area contributed by atoms with Crippen molar-refractivity contribution in [3.63, 3.8) is 0 Å². The quantitative estimate of drug-likeness (QED) is 0.199. The van der Waals surface area contributed by atoms with Gasteiger partial charge in [-0.2, -0.15) is 0 Å². The van der Waals surface area contributed by atoms with E-state index >= 15 is 0 Å². The van der Waals surface area contributed by atoms with Crippen molar-refractivity contribution in [1.82, 2.24) is 10.6 Å². The van der Waals surface area contributed by atoms with Crippen molar-refractivity contribution >= 4 is 11.8 Å². The molecule has 1 saturated heterocycles. The molecule has 0 aromatic heterocycles. The second-order valence-corrected chi connectivity index (χ2v) is 8.98. The first kappa shape index (κ1) is 26.9. The molecule has 186 valence electrons. The Labute approximate surface area is 189 Å². The predicted molar refractivity (Wildman–Crippen MR) is 115 cm³/mol. The number of carbonyl (C=O) groups excluding carboxylic acids is 2. The molecule has 5 unspecified atom stereocenters. The van der Waals surface area contributed by atoms with Crippen LogP contribution >= 0.6 is 0 Å². The number of ether oxygens (including phenoxy) is 2. The number of carbonyl (C=O) groups is 2. The van der Waals surface area contributed by atoms with Gasteiger partial charge in [-0.05, 0) is 50.4 Å². The van der Waals surface area contributed by atoms with Crippen molar-refractivity contribution in [2.45, 2.75) is 88.9 Å². The summed E-state index contributed by atoms with van der Waals surface area (Å²) in [4.78, 5) is 23.4. The molecule has 32 heavy (non-hydrogen) atoms. The van der Waals surface area contributed by atoms with Gasteiger partial charge in [0.25, 0.3) is 0 Å². The van der Waals surface area contributed by atoms with Crippen molar-refractivity contribution in [3.8, 4) is 0 Å². The second-order valence-electron chi connectivity index (χ2n) is 8.98. The number of amides is 2. The number of aliphatic hydroxyl groups excluding tert-OH is 4. The zero-order valence-corrected chi connectivity index (χ0v) is 18.9. The maximum Gasteiger partial charge on any atom is 0.219 e. The molecule has 0 bridgehead atoms. The van der Waals surface area contributed by atoms with E-state index in [4.69, 9.17) is 9.47 Å². The predicted octanol–water partition coefficient (Wildman–Crippen LogP) is -0.578. The zero-order chi connectivity index (χ0) is 23.5. The fourth-order valence-corrected chi connectivity index (χ4v) is 4.51. The Balaban J connectivity index is 1.59. The minimum Gasteiger partial charge on any atom is -0.396 e. The minimum atomic E-state index is -1.34. The number of hydrogen-bond donors (Lipinski definition) is 6. The van der Waals surface area contributed by atoms with E-state index in [1.54, 1.807) is 0 Å². The van der Waals surface area contributed by atoms with Crippen molar-refractivity contribution in [1.29, 1.82) is 0 Å². The number of unbranched alkanes of at least 4 members (excludes halogenated alkanes) is 1. The van der Waals surface area contributed by atoms with Gasteiger partial charge in [-0.1, -0.05) is 6.42 Å². The van der Waals surface area contributed by atoms with E-state index in [0.29, 0.717) is 37.6 Å². The highest BCUT2D eigenvalue weighted by molar-refractivity contribution is 5.75. The van der Waals surface area contributed by atoms with E-state index in [-0.39, 0.29) is 19.1 Å². The van der Waals surface area contributed by atoms with Crippen LogP contribution in [0.2, 0.25) is 0 Å². The fraction of sp³-hybridized carbons (Fsp3) is 0.909. The Kier molecular flexibility index (Phi) is 11.8. The summed E-state index contributed by atoms with van der Waals surface area (Å²) in [6.07, 6.45) is 2.26. The molecule has 1 saturated carbocycles. The van der Waals surface area contributed by atoms with Crippen LogP contribution in [0, 0.1) is 11.8 Å². The molecule has 0 aromatic rings. The summed E-state index contributed by atoms with van der Waals surface area (Å²) in [5, 5.41) is 44.2. The topological polar surface area (TPSA) is 158 Å². The van der Waals surface area contributed by atoms with Crippen LogP contribution in [0.15, 0.2) is 0 Å². The van der Waals surface area contributed by atoms with Crippen molar-refractivity contribution in [2.24, 2.45) is 11.8 Å². The van der Waals surface area contributed by atoms with Crippen LogP contribution in [0.4, 0.5) is 0 Å². The first-order valence-corrected chi connectivity index (χ1v) is 11.7. The molecule has 1 aliphatic heterocycles. The first-order valence-electron chi connectivity index (χ1n) is 11.7. The highest BCUT2D eigenvalue weighted by Gasteiger charge is 2.45. The van der Waals surface area contributed by atoms with Crippen molar-refractivity contribution < 1.29 is 39.5 Å². The van der Waals surface area contributed by atoms with E-state index in [1.165, 1.54) is 13.3 Å². The summed E-state index contributed by atoms with van der Waals surface area (Å²) in [5.74, 6) is 0.703. The molecule has 2 rings (SSSR count). The highest BCUT2D eigenvalue weighted by Crippen LogP contribution is 2.33. The molecule has 6 N–H and O–H groups in total. The molecule has 10 heteroatoms. The summed E-state index contributed by atoms with van der Waals surface area (Å²) in [6.45, 7) is 1.97. The lowest BCUT2D eigenvalue weighted by molar-refractivity contribution is -0.270. The van der Waals surface area contributed by atoms with E-state index < -0.39 is 43.2 Å². The Morgan fingerprint density at radius 2 is 1.78 bits per heavy atom. The molecule has 1 heterocycles. The number of rotatable bonds is 13. The van der Waals surface area contributed by atoms with Crippen LogP contribution in [0.25, 0.3) is 0 Å². The average Bonchev–Trinajstić information content (AvgIpc) is 3.23. The molecular formula is C22H40N2O8. The third kappa shape index (κ3) is 8.57. The minimum absolute atomic E-state index is 0.00594. The molecule has 2 aliphatic rings. The molecule has 0 aromatic carbocycles. The van der Waals surface area contributed by atoms with Crippen LogP contribution in [-0.2, 0) is 19.1 Å². The number of hydrogen-bond acceptors (Lipinski definition) is 8. The van der Waals surface area contributed by atoms with Crippen molar-refractivity contribution in [2.75, 3.05) is 26.4 Å². The van der Waals surface area contributed by atoms with Gasteiger partial charge in [-0.3, -0.25) is 9.59 Å². The third-order valence-corrected chi connectivity index (χ3v) is 6.35. The summed E-state index contributed by atoms with van der Waals surface area (Å²) in [5.41, 5.74) is 0. The molecule has 0 spiro atoms. The molecular weight excluding hydrogens is 420 g/mol. The van der Waals surface area contributed by atoms with Crippen LogP contribution in [0.3, 0.4) is 0 Å². The highest BCUT2D eigenvalue weighted by atomic mass is 16.7. The van der Waals surface area contributed by atoms with Crippen LogP contribution in [0.5, 0.6) is 0 Å². The van der Waals surface area contributed by atoms with Gasteiger partial charge in [0.05, 0.1) is 6.61 Å². The van der Waals surface area contributed by atoms with Gasteiger partial charge in [0, 0.05) is 33.1 Å². The smallest absolute Gasteiger partial charge is 0.219 e. The normalized spacial score (nSPS) is 32.6. The van der Waals surface area contributed by atoms with Gasteiger partial charge in [0.2, 0.25) is 11.8 Å². The Morgan fingerprint density at radius 3 is 2.44 bits per heavy atom. The fourth-order valence-electron chi connectivity index (χ4n) is 4.51. The summed E-state index contributed by atoms with van der Waals surface area (Å²) < 4.78 is 11.1. The summed E-state index contributed by atoms with van der Waals surface area (Å²) >= 11 is 0. The maximum atomic E-state index is 12.0. The molecule has 2 amide bonds. The Hall–Kier alpha value is -1.30. The monoisotopic (exact) mass is 460 g/mol. The molecule has 1 aliphatic carbocycles. The summed E-state index contributed by atoms with van der Waals surface area (Å²) in [6, 6.07) is -0.957. The van der Waals surface area contributed by atoms with E-state index in [0.717, 1.165) is 25.7 Å². The first-order chi connectivity index (χ1) is 15.3. The van der Waals surface area contributed by atoms with Crippen molar-refractivity contribution in [3.05, 3.63) is 0 Å². The van der Waals surface area contributed by atoms with E-state index in [9.17, 15) is 30.0 Å². The molecule has 7 atom stereocenters. The maximum absolute atomic E-state index is 12.0. The second kappa shape index (κ2) is 14.1. The molecule has 10 nitrogen and oxygen atoms in total. The molecule has 2 fully saturated rings.